The van der Waals surface area contributed by atoms with E-state index in [1.165, 1.54) is 0 Å². The Labute approximate surface area is 129 Å². The highest BCUT2D eigenvalue weighted by molar-refractivity contribution is 5.41. The molecule has 4 rings (SSSR count). The van der Waals surface area contributed by atoms with E-state index in [0.29, 0.717) is 6.61 Å². The van der Waals surface area contributed by atoms with E-state index in [4.69, 9.17) is 9.47 Å². The highest BCUT2D eigenvalue weighted by Gasteiger charge is 2.41. The first-order valence-electron chi connectivity index (χ1n) is 7.40. The predicted octanol–water partition coefficient (Wildman–Crippen LogP) is 4.50. The number of para-hydroxylation sites is 1. The maximum absolute atomic E-state index is 6.37. The van der Waals surface area contributed by atoms with Gasteiger partial charge in [-0.15, -0.1) is 0 Å². The van der Waals surface area contributed by atoms with Gasteiger partial charge in [-0.2, -0.15) is 0 Å². The summed E-state index contributed by atoms with van der Waals surface area (Å²) in [5.74, 6) is -0.0156. The molecule has 108 valence electrons. The molecular weight excluding hydrogens is 272 g/mol. The van der Waals surface area contributed by atoms with E-state index in [2.05, 4.69) is 0 Å². The molecule has 0 bridgehead atoms. The minimum Gasteiger partial charge on any atom is -0.453 e. The Morgan fingerprint density at radius 1 is 0.636 bits per heavy atom. The van der Waals surface area contributed by atoms with Crippen LogP contribution in [0.3, 0.4) is 0 Å². The van der Waals surface area contributed by atoms with Gasteiger partial charge in [0.2, 0.25) is 0 Å². The molecule has 22 heavy (non-hydrogen) atoms. The second-order valence-corrected chi connectivity index (χ2v) is 5.35. The van der Waals surface area contributed by atoms with E-state index in [-0.39, 0.29) is 0 Å². The smallest absolute Gasteiger partial charge is 0.264 e. The Hall–Kier alpha value is -2.58. The van der Waals surface area contributed by atoms with Crippen LogP contribution in [0.5, 0.6) is 5.75 Å². The number of hydrogen-bond donors (Lipinski definition) is 0. The van der Waals surface area contributed by atoms with E-state index in [1.807, 2.05) is 84.9 Å². The summed E-state index contributed by atoms with van der Waals surface area (Å²) in [6, 6.07) is 28.2. The Kier molecular flexibility index (Phi) is 3.17. The molecule has 0 amide bonds. The van der Waals surface area contributed by atoms with Gasteiger partial charge in [0.1, 0.15) is 5.75 Å². The van der Waals surface area contributed by atoms with Crippen LogP contribution in [0.4, 0.5) is 0 Å². The van der Waals surface area contributed by atoms with Gasteiger partial charge in [0.25, 0.3) is 5.79 Å². The first-order valence-corrected chi connectivity index (χ1v) is 7.40. The number of ether oxygens (including phenoxy) is 2. The monoisotopic (exact) mass is 288 g/mol. The molecule has 3 aromatic rings. The van der Waals surface area contributed by atoms with Crippen LogP contribution in [0.25, 0.3) is 0 Å². The fourth-order valence-electron chi connectivity index (χ4n) is 2.85. The van der Waals surface area contributed by atoms with Gasteiger partial charge in [0.15, 0.2) is 0 Å². The van der Waals surface area contributed by atoms with Crippen LogP contribution in [-0.2, 0) is 17.1 Å². The average Bonchev–Trinajstić information content (AvgIpc) is 2.63. The maximum atomic E-state index is 6.37. The van der Waals surface area contributed by atoms with Crippen LogP contribution in [0.2, 0.25) is 0 Å². The summed E-state index contributed by atoms with van der Waals surface area (Å²) in [4.78, 5) is 0. The molecule has 0 fully saturated rings. The third-order valence-corrected chi connectivity index (χ3v) is 3.96. The van der Waals surface area contributed by atoms with Gasteiger partial charge in [-0.25, -0.2) is 0 Å². The molecule has 0 saturated carbocycles. The third-order valence-electron chi connectivity index (χ3n) is 3.96. The lowest BCUT2D eigenvalue weighted by Crippen LogP contribution is -2.40. The lowest BCUT2D eigenvalue weighted by Gasteiger charge is -2.39. The molecule has 0 N–H and O–H groups in total. The van der Waals surface area contributed by atoms with Crippen molar-refractivity contribution in [1.82, 2.24) is 0 Å². The fourth-order valence-corrected chi connectivity index (χ4v) is 2.85. The Morgan fingerprint density at radius 3 is 1.82 bits per heavy atom. The summed E-state index contributed by atoms with van der Waals surface area (Å²) in [6.07, 6.45) is 0. The van der Waals surface area contributed by atoms with Crippen molar-refractivity contribution in [3.05, 3.63) is 102 Å². The second kappa shape index (κ2) is 5.32. The Balaban J connectivity index is 1.89. The van der Waals surface area contributed by atoms with Gasteiger partial charge in [0, 0.05) is 16.7 Å². The topological polar surface area (TPSA) is 18.5 Å². The summed E-state index contributed by atoms with van der Waals surface area (Å²) in [5, 5.41) is 0. The van der Waals surface area contributed by atoms with Crippen molar-refractivity contribution >= 4 is 0 Å². The van der Waals surface area contributed by atoms with E-state index in [9.17, 15) is 0 Å². The highest BCUT2D eigenvalue weighted by Crippen LogP contribution is 2.41. The summed E-state index contributed by atoms with van der Waals surface area (Å²) < 4.78 is 12.6. The molecule has 2 nitrogen and oxygen atoms in total. The third kappa shape index (κ3) is 2.09. The van der Waals surface area contributed by atoms with Crippen molar-refractivity contribution in [3.8, 4) is 5.75 Å². The Bertz CT molecular complexity index is 726. The number of fused-ring (bicyclic) bond motifs is 1. The molecule has 0 unspecified atom stereocenters. The van der Waals surface area contributed by atoms with Crippen LogP contribution in [0.1, 0.15) is 16.7 Å². The molecule has 0 aliphatic carbocycles. The van der Waals surface area contributed by atoms with Crippen LogP contribution >= 0.6 is 0 Å². The standard InChI is InChI=1S/C20H16O2/c1-3-10-17(11-4-1)20(18-12-5-2-6-13-18)21-15-16-9-7-8-14-19(16)22-20/h1-14H,15H2. The molecule has 0 spiro atoms. The van der Waals surface area contributed by atoms with Crippen molar-refractivity contribution in [1.29, 1.82) is 0 Å². The quantitative estimate of drug-likeness (QED) is 0.691. The minimum absolute atomic E-state index is 0.528. The molecule has 0 atom stereocenters. The zero-order chi connectivity index (χ0) is 14.8. The average molecular weight is 288 g/mol. The van der Waals surface area contributed by atoms with Crippen LogP contribution in [0, 0.1) is 0 Å². The lowest BCUT2D eigenvalue weighted by molar-refractivity contribution is -0.184. The second-order valence-electron chi connectivity index (χ2n) is 5.35. The predicted molar refractivity (Wildman–Crippen MR) is 85.5 cm³/mol. The van der Waals surface area contributed by atoms with E-state index in [0.717, 1.165) is 22.4 Å². The lowest BCUT2D eigenvalue weighted by atomic mass is 9.95. The minimum atomic E-state index is -0.892. The van der Waals surface area contributed by atoms with Gasteiger partial charge in [-0.1, -0.05) is 78.9 Å². The molecule has 0 radical (unpaired) electrons. The maximum Gasteiger partial charge on any atom is 0.264 e. The normalized spacial score (nSPS) is 15.6. The SMILES string of the molecule is c1ccc(C2(c3ccccc3)OCc3ccccc3O2)cc1. The van der Waals surface area contributed by atoms with Gasteiger partial charge >= 0.3 is 0 Å². The van der Waals surface area contributed by atoms with E-state index in [1.54, 1.807) is 0 Å². The molecule has 0 saturated heterocycles. The van der Waals surface area contributed by atoms with Gasteiger partial charge in [-0.05, 0) is 6.07 Å². The number of hydrogen-bond acceptors (Lipinski definition) is 2. The number of rotatable bonds is 2. The highest BCUT2D eigenvalue weighted by atomic mass is 16.7. The zero-order valence-electron chi connectivity index (χ0n) is 12.1. The van der Waals surface area contributed by atoms with Crippen LogP contribution < -0.4 is 4.74 Å². The molecule has 1 aliphatic rings. The number of benzene rings is 3. The Morgan fingerprint density at radius 2 is 1.18 bits per heavy atom. The summed E-state index contributed by atoms with van der Waals surface area (Å²) in [5.41, 5.74) is 3.07. The van der Waals surface area contributed by atoms with Crippen molar-refractivity contribution in [2.24, 2.45) is 0 Å². The van der Waals surface area contributed by atoms with Crippen molar-refractivity contribution in [2.75, 3.05) is 0 Å². The van der Waals surface area contributed by atoms with Crippen LogP contribution in [-0.4, -0.2) is 0 Å². The van der Waals surface area contributed by atoms with Gasteiger partial charge < -0.3 is 9.47 Å². The molecule has 0 aromatic heterocycles. The van der Waals surface area contributed by atoms with Crippen molar-refractivity contribution in [3.63, 3.8) is 0 Å². The summed E-state index contributed by atoms with van der Waals surface area (Å²) in [6.45, 7) is 0.528. The molecule has 3 aromatic carbocycles. The van der Waals surface area contributed by atoms with Crippen molar-refractivity contribution in [2.45, 2.75) is 12.4 Å². The van der Waals surface area contributed by atoms with Crippen LogP contribution in [0.15, 0.2) is 84.9 Å². The summed E-state index contributed by atoms with van der Waals surface area (Å²) >= 11 is 0. The molecule has 2 heteroatoms. The van der Waals surface area contributed by atoms with Gasteiger partial charge in [0.05, 0.1) is 6.61 Å². The first-order chi connectivity index (χ1) is 10.9. The largest absolute Gasteiger partial charge is 0.453 e. The van der Waals surface area contributed by atoms with E-state index < -0.39 is 5.79 Å². The molecular formula is C20H16O2. The van der Waals surface area contributed by atoms with Gasteiger partial charge in [-0.3, -0.25) is 0 Å². The first kappa shape index (κ1) is 13.1. The molecule has 1 heterocycles. The summed E-state index contributed by atoms with van der Waals surface area (Å²) in [7, 11) is 0. The van der Waals surface area contributed by atoms with E-state index >= 15 is 0 Å². The fraction of sp³-hybridized carbons (Fsp3) is 0.100. The zero-order valence-corrected chi connectivity index (χ0v) is 12.1. The molecule has 1 aliphatic heterocycles. The van der Waals surface area contributed by atoms with Crippen molar-refractivity contribution < 1.29 is 9.47 Å².